The highest BCUT2D eigenvalue weighted by Crippen LogP contribution is 2.21. The van der Waals surface area contributed by atoms with Crippen molar-refractivity contribution in [2.45, 2.75) is 6.54 Å². The number of aliphatic carboxylic acids is 1. The van der Waals surface area contributed by atoms with Crippen molar-refractivity contribution >= 4 is 33.2 Å². The molecule has 0 bridgehead atoms. The number of carboxylic acids is 1. The number of hydrogen-bond donors (Lipinski definition) is 1. The lowest BCUT2D eigenvalue weighted by Gasteiger charge is -2.17. The number of halogens is 1. The normalized spacial score (nSPS) is 10.5. The van der Waals surface area contributed by atoms with E-state index in [1.807, 2.05) is 16.3 Å². The molecule has 5 heteroatoms. The topological polar surface area (TPSA) is 40.5 Å². The third-order valence-electron chi connectivity index (χ3n) is 1.77. The molecular formula is C10H12BrNO2S. The summed E-state index contributed by atoms with van der Waals surface area (Å²) in [4.78, 5) is 12.4. The van der Waals surface area contributed by atoms with Gasteiger partial charge in [0.2, 0.25) is 0 Å². The number of thiophene rings is 1. The van der Waals surface area contributed by atoms with Crippen LogP contribution in [0.5, 0.6) is 0 Å². The standard InChI is InChI=1S/C10H12BrNO2S/c1-2-3-12(6-10(13)14)5-8-4-9(11)15-7-8/h2,4,7H,1,3,5-6H2,(H,13,14). The summed E-state index contributed by atoms with van der Waals surface area (Å²) in [6.45, 7) is 4.88. The number of carboxylic acid groups (broad SMARTS) is 1. The van der Waals surface area contributed by atoms with Gasteiger partial charge in [-0.15, -0.1) is 17.9 Å². The Morgan fingerprint density at radius 2 is 2.47 bits per heavy atom. The second-order valence-corrected chi connectivity index (χ2v) is 5.40. The minimum absolute atomic E-state index is 0.0412. The number of rotatable bonds is 6. The average molecular weight is 290 g/mol. The summed E-state index contributed by atoms with van der Waals surface area (Å²) in [5, 5.41) is 10.7. The summed E-state index contributed by atoms with van der Waals surface area (Å²) in [5.74, 6) is -0.814. The molecule has 0 saturated carbocycles. The minimum atomic E-state index is -0.814. The van der Waals surface area contributed by atoms with Crippen molar-refractivity contribution in [3.63, 3.8) is 0 Å². The van der Waals surface area contributed by atoms with Crippen molar-refractivity contribution in [2.75, 3.05) is 13.1 Å². The van der Waals surface area contributed by atoms with Gasteiger partial charge in [0.25, 0.3) is 0 Å². The molecule has 3 nitrogen and oxygen atoms in total. The molecule has 1 aromatic rings. The largest absolute Gasteiger partial charge is 0.480 e. The third-order valence-corrected chi connectivity index (χ3v) is 3.33. The van der Waals surface area contributed by atoms with Crippen LogP contribution in [0.15, 0.2) is 27.9 Å². The molecule has 0 atom stereocenters. The first-order valence-corrected chi connectivity index (χ1v) is 6.07. The van der Waals surface area contributed by atoms with Crippen LogP contribution < -0.4 is 0 Å². The maximum atomic E-state index is 10.6. The van der Waals surface area contributed by atoms with E-state index in [-0.39, 0.29) is 6.54 Å². The summed E-state index contributed by atoms with van der Waals surface area (Å²) < 4.78 is 1.06. The molecule has 0 radical (unpaired) electrons. The van der Waals surface area contributed by atoms with E-state index in [2.05, 4.69) is 22.5 Å². The molecule has 0 amide bonds. The van der Waals surface area contributed by atoms with Gasteiger partial charge < -0.3 is 5.11 Å². The van der Waals surface area contributed by atoms with Crippen LogP contribution in [-0.2, 0) is 11.3 Å². The van der Waals surface area contributed by atoms with Gasteiger partial charge in [0, 0.05) is 13.1 Å². The lowest BCUT2D eigenvalue weighted by Crippen LogP contribution is -2.29. The van der Waals surface area contributed by atoms with Crippen molar-refractivity contribution in [3.8, 4) is 0 Å². The van der Waals surface area contributed by atoms with Gasteiger partial charge >= 0.3 is 5.97 Å². The number of hydrogen-bond acceptors (Lipinski definition) is 3. The highest BCUT2D eigenvalue weighted by molar-refractivity contribution is 9.11. The maximum absolute atomic E-state index is 10.6. The van der Waals surface area contributed by atoms with Crippen molar-refractivity contribution < 1.29 is 9.90 Å². The molecule has 1 rings (SSSR count). The van der Waals surface area contributed by atoms with Gasteiger partial charge in [-0.1, -0.05) is 6.08 Å². The molecule has 0 unspecified atom stereocenters. The molecule has 0 aliphatic carbocycles. The van der Waals surface area contributed by atoms with Crippen LogP contribution in [0, 0.1) is 0 Å². The highest BCUT2D eigenvalue weighted by atomic mass is 79.9. The molecule has 0 spiro atoms. The van der Waals surface area contributed by atoms with Gasteiger partial charge in [0.1, 0.15) is 0 Å². The minimum Gasteiger partial charge on any atom is -0.480 e. The Morgan fingerprint density at radius 1 is 1.73 bits per heavy atom. The van der Waals surface area contributed by atoms with E-state index < -0.39 is 5.97 Å². The summed E-state index contributed by atoms with van der Waals surface area (Å²) in [6, 6.07) is 2.00. The van der Waals surface area contributed by atoms with Crippen LogP contribution >= 0.6 is 27.3 Å². The fourth-order valence-corrected chi connectivity index (χ4v) is 2.45. The van der Waals surface area contributed by atoms with Gasteiger partial charge in [0.05, 0.1) is 10.3 Å². The molecule has 1 aromatic heterocycles. The molecule has 82 valence electrons. The molecule has 0 aliphatic rings. The number of carbonyl (C=O) groups is 1. The molecule has 0 aliphatic heterocycles. The quantitative estimate of drug-likeness (QED) is 0.819. The molecule has 0 aromatic carbocycles. The van der Waals surface area contributed by atoms with Crippen LogP contribution in [0.4, 0.5) is 0 Å². The van der Waals surface area contributed by atoms with E-state index >= 15 is 0 Å². The van der Waals surface area contributed by atoms with E-state index in [1.165, 1.54) is 0 Å². The molecule has 15 heavy (non-hydrogen) atoms. The Bertz CT molecular complexity index is 351. The van der Waals surface area contributed by atoms with Crippen molar-refractivity contribution in [3.05, 3.63) is 33.5 Å². The van der Waals surface area contributed by atoms with Crippen LogP contribution in [-0.4, -0.2) is 29.1 Å². The first-order chi connectivity index (χ1) is 7.11. The monoisotopic (exact) mass is 289 g/mol. The molecule has 0 fully saturated rings. The SMILES string of the molecule is C=CCN(CC(=O)O)Cc1csc(Br)c1. The van der Waals surface area contributed by atoms with E-state index in [1.54, 1.807) is 17.4 Å². The maximum Gasteiger partial charge on any atom is 0.317 e. The van der Waals surface area contributed by atoms with Crippen LogP contribution in [0.1, 0.15) is 5.56 Å². The molecule has 1 heterocycles. The fourth-order valence-electron chi connectivity index (χ4n) is 1.25. The zero-order valence-electron chi connectivity index (χ0n) is 8.15. The van der Waals surface area contributed by atoms with Gasteiger partial charge in [0.15, 0.2) is 0 Å². The van der Waals surface area contributed by atoms with Gasteiger partial charge in [-0.3, -0.25) is 9.69 Å². The van der Waals surface area contributed by atoms with Crippen molar-refractivity contribution in [1.29, 1.82) is 0 Å². The van der Waals surface area contributed by atoms with Crippen LogP contribution in [0.3, 0.4) is 0 Å². The smallest absolute Gasteiger partial charge is 0.317 e. The van der Waals surface area contributed by atoms with Gasteiger partial charge in [-0.2, -0.15) is 0 Å². The summed E-state index contributed by atoms with van der Waals surface area (Å²) in [6.07, 6.45) is 1.71. The highest BCUT2D eigenvalue weighted by Gasteiger charge is 2.09. The van der Waals surface area contributed by atoms with E-state index in [4.69, 9.17) is 5.11 Å². The van der Waals surface area contributed by atoms with Crippen LogP contribution in [0.2, 0.25) is 0 Å². The average Bonchev–Trinajstić information content (AvgIpc) is 2.50. The van der Waals surface area contributed by atoms with Gasteiger partial charge in [-0.05, 0) is 32.9 Å². The predicted octanol–water partition coefficient (Wildman–Crippen LogP) is 2.58. The van der Waals surface area contributed by atoms with E-state index in [0.717, 1.165) is 9.35 Å². The molecule has 1 N–H and O–H groups in total. The van der Waals surface area contributed by atoms with Gasteiger partial charge in [-0.25, -0.2) is 0 Å². The lowest BCUT2D eigenvalue weighted by molar-refractivity contribution is -0.138. The molecular weight excluding hydrogens is 278 g/mol. The zero-order valence-corrected chi connectivity index (χ0v) is 10.6. The Labute approximate surface area is 101 Å². The second kappa shape index (κ2) is 6.05. The third kappa shape index (κ3) is 4.59. The Hall–Kier alpha value is -0.650. The molecule has 0 saturated heterocycles. The summed E-state index contributed by atoms with van der Waals surface area (Å²) in [5.41, 5.74) is 1.12. The predicted molar refractivity (Wildman–Crippen MR) is 65.1 cm³/mol. The second-order valence-electron chi connectivity index (χ2n) is 3.11. The lowest BCUT2D eigenvalue weighted by atomic mass is 10.3. The van der Waals surface area contributed by atoms with E-state index in [0.29, 0.717) is 13.1 Å². The fraction of sp³-hybridized carbons (Fsp3) is 0.300. The Morgan fingerprint density at radius 3 is 2.93 bits per heavy atom. The van der Waals surface area contributed by atoms with Crippen molar-refractivity contribution in [1.82, 2.24) is 4.90 Å². The Kier molecular flexibility index (Phi) is 5.01. The summed E-state index contributed by atoms with van der Waals surface area (Å²) >= 11 is 4.98. The zero-order chi connectivity index (χ0) is 11.3. The van der Waals surface area contributed by atoms with Crippen LogP contribution in [0.25, 0.3) is 0 Å². The first kappa shape index (κ1) is 12.4. The van der Waals surface area contributed by atoms with E-state index in [9.17, 15) is 4.79 Å². The number of nitrogens with zero attached hydrogens (tertiary/aromatic N) is 1. The first-order valence-electron chi connectivity index (χ1n) is 4.39. The summed E-state index contributed by atoms with van der Waals surface area (Å²) in [7, 11) is 0. The Balaban J connectivity index is 2.57. The van der Waals surface area contributed by atoms with Crippen molar-refractivity contribution in [2.24, 2.45) is 0 Å².